The molecule has 0 spiro atoms. The van der Waals surface area contributed by atoms with Gasteiger partial charge in [-0.2, -0.15) is 0 Å². The summed E-state index contributed by atoms with van der Waals surface area (Å²) in [5.41, 5.74) is 8.41. The summed E-state index contributed by atoms with van der Waals surface area (Å²) in [6, 6.07) is 10.8. The summed E-state index contributed by atoms with van der Waals surface area (Å²) >= 11 is 12.2. The molecule has 0 radical (unpaired) electrons. The smallest absolute Gasteiger partial charge is 0.265 e. The van der Waals surface area contributed by atoms with Crippen LogP contribution >= 0.6 is 23.2 Å². The number of anilines is 1. The van der Waals surface area contributed by atoms with E-state index >= 15 is 0 Å². The molecule has 1 heterocycles. The van der Waals surface area contributed by atoms with Crippen LogP contribution in [0.2, 0.25) is 10.0 Å². The number of nitrogens with zero attached hydrogens (tertiary/aromatic N) is 1. The first-order valence-corrected chi connectivity index (χ1v) is 7.98. The normalized spacial score (nSPS) is 15.1. The van der Waals surface area contributed by atoms with Crippen LogP contribution in [0.25, 0.3) is 0 Å². The molecule has 2 N–H and O–H groups in total. The molecular formula is C17H16Cl2N2O2. The van der Waals surface area contributed by atoms with Crippen LogP contribution in [-0.4, -0.2) is 12.5 Å². The van der Waals surface area contributed by atoms with Crippen molar-refractivity contribution in [3.8, 4) is 5.75 Å². The number of halogens is 2. The van der Waals surface area contributed by atoms with Crippen LogP contribution in [-0.2, 0) is 11.3 Å². The summed E-state index contributed by atoms with van der Waals surface area (Å²) in [5.74, 6) is 0.546. The van der Waals surface area contributed by atoms with Gasteiger partial charge < -0.3 is 15.4 Å². The molecule has 6 heteroatoms. The van der Waals surface area contributed by atoms with Crippen molar-refractivity contribution in [2.75, 3.05) is 11.5 Å². The number of carbonyl (C=O) groups excluding carboxylic acids is 1. The molecule has 0 bridgehead atoms. The summed E-state index contributed by atoms with van der Waals surface area (Å²) in [5, 5.41) is 1.09. The zero-order chi connectivity index (χ0) is 16.6. The van der Waals surface area contributed by atoms with Crippen LogP contribution in [0, 0.1) is 0 Å². The van der Waals surface area contributed by atoms with Crippen LogP contribution in [0.15, 0.2) is 36.4 Å². The van der Waals surface area contributed by atoms with Gasteiger partial charge in [-0.1, -0.05) is 35.3 Å². The van der Waals surface area contributed by atoms with Gasteiger partial charge in [-0.25, -0.2) is 0 Å². The van der Waals surface area contributed by atoms with Crippen molar-refractivity contribution < 1.29 is 9.53 Å². The lowest BCUT2D eigenvalue weighted by atomic mass is 10.1. The molecule has 3 rings (SSSR count). The standard InChI is InChI=1S/C17H16Cl2N2O2/c1-10(20)11-3-5-16-15(6-11)21(17(22)9-23-16)8-12-2-4-13(18)7-14(12)19/h2-7,10H,8-9,20H2,1H3. The number of benzene rings is 2. The number of ether oxygens (including phenoxy) is 1. The van der Waals surface area contributed by atoms with Gasteiger partial charge >= 0.3 is 0 Å². The Kier molecular flexibility index (Phi) is 4.48. The zero-order valence-electron chi connectivity index (χ0n) is 12.6. The fourth-order valence-corrected chi connectivity index (χ4v) is 2.96. The lowest BCUT2D eigenvalue weighted by Gasteiger charge is -2.30. The SMILES string of the molecule is CC(N)c1ccc2c(c1)N(Cc1ccc(Cl)cc1Cl)C(=O)CO2. The molecule has 2 aromatic carbocycles. The summed E-state index contributed by atoms with van der Waals surface area (Å²) < 4.78 is 5.50. The van der Waals surface area contributed by atoms with E-state index in [1.165, 1.54) is 0 Å². The molecule has 4 nitrogen and oxygen atoms in total. The van der Waals surface area contributed by atoms with E-state index in [0.29, 0.717) is 28.0 Å². The van der Waals surface area contributed by atoms with E-state index in [2.05, 4.69) is 0 Å². The van der Waals surface area contributed by atoms with E-state index in [-0.39, 0.29) is 18.6 Å². The maximum atomic E-state index is 12.3. The lowest BCUT2D eigenvalue weighted by Crippen LogP contribution is -2.38. The molecule has 1 aliphatic rings. The molecule has 0 fully saturated rings. The van der Waals surface area contributed by atoms with Crippen LogP contribution in [0.4, 0.5) is 5.69 Å². The number of fused-ring (bicyclic) bond motifs is 1. The number of hydrogen-bond acceptors (Lipinski definition) is 3. The maximum Gasteiger partial charge on any atom is 0.265 e. The first-order chi connectivity index (χ1) is 11.0. The molecule has 0 aliphatic carbocycles. The number of nitrogens with two attached hydrogens (primary N) is 1. The topological polar surface area (TPSA) is 55.6 Å². The number of hydrogen-bond donors (Lipinski definition) is 1. The fourth-order valence-electron chi connectivity index (χ4n) is 2.50. The van der Waals surface area contributed by atoms with Crippen LogP contribution < -0.4 is 15.4 Å². The third kappa shape index (κ3) is 3.29. The van der Waals surface area contributed by atoms with E-state index in [9.17, 15) is 4.79 Å². The molecular weight excluding hydrogens is 335 g/mol. The molecule has 2 aromatic rings. The highest BCUT2D eigenvalue weighted by Crippen LogP contribution is 2.36. The van der Waals surface area contributed by atoms with Crippen molar-refractivity contribution in [2.45, 2.75) is 19.5 Å². The second-order valence-corrected chi connectivity index (χ2v) is 6.36. The second-order valence-electron chi connectivity index (χ2n) is 5.52. The first kappa shape index (κ1) is 16.1. The predicted molar refractivity (Wildman–Crippen MR) is 92.2 cm³/mol. The average molecular weight is 351 g/mol. The van der Waals surface area contributed by atoms with Gasteiger partial charge in [0.25, 0.3) is 5.91 Å². The Labute approximate surface area is 144 Å². The van der Waals surface area contributed by atoms with Gasteiger partial charge in [0.2, 0.25) is 0 Å². The summed E-state index contributed by atoms with van der Waals surface area (Å²) in [6.45, 7) is 2.26. The highest BCUT2D eigenvalue weighted by atomic mass is 35.5. The van der Waals surface area contributed by atoms with E-state index in [4.69, 9.17) is 33.7 Å². The third-order valence-corrected chi connectivity index (χ3v) is 4.38. The predicted octanol–water partition coefficient (Wildman–Crippen LogP) is 3.94. The minimum absolute atomic E-state index is 0.00966. The van der Waals surface area contributed by atoms with Gasteiger partial charge in [0, 0.05) is 16.1 Å². The van der Waals surface area contributed by atoms with Gasteiger partial charge in [-0.3, -0.25) is 4.79 Å². The van der Waals surface area contributed by atoms with Gasteiger partial charge in [0.15, 0.2) is 6.61 Å². The van der Waals surface area contributed by atoms with Crippen molar-refractivity contribution in [3.63, 3.8) is 0 Å². The minimum atomic E-state index is -0.127. The highest BCUT2D eigenvalue weighted by Gasteiger charge is 2.26. The summed E-state index contributed by atoms with van der Waals surface area (Å²) in [7, 11) is 0. The Hall–Kier alpha value is -1.75. The van der Waals surface area contributed by atoms with E-state index in [0.717, 1.165) is 11.1 Å². The van der Waals surface area contributed by atoms with Crippen LogP contribution in [0.5, 0.6) is 5.75 Å². The monoisotopic (exact) mass is 350 g/mol. The molecule has 1 aliphatic heterocycles. The third-order valence-electron chi connectivity index (χ3n) is 3.80. The van der Waals surface area contributed by atoms with E-state index in [1.807, 2.05) is 31.2 Å². The number of carbonyl (C=O) groups is 1. The van der Waals surface area contributed by atoms with Crippen LogP contribution in [0.3, 0.4) is 0 Å². The molecule has 0 saturated heterocycles. The maximum absolute atomic E-state index is 12.3. The fraction of sp³-hybridized carbons (Fsp3) is 0.235. The Morgan fingerprint density at radius 3 is 2.74 bits per heavy atom. The number of rotatable bonds is 3. The van der Waals surface area contributed by atoms with Crippen molar-refractivity contribution in [3.05, 3.63) is 57.6 Å². The quantitative estimate of drug-likeness (QED) is 0.911. The largest absolute Gasteiger partial charge is 0.482 e. The molecule has 1 atom stereocenters. The molecule has 120 valence electrons. The lowest BCUT2D eigenvalue weighted by molar-refractivity contribution is -0.121. The minimum Gasteiger partial charge on any atom is -0.482 e. The molecule has 0 saturated carbocycles. The Morgan fingerprint density at radius 1 is 1.26 bits per heavy atom. The van der Waals surface area contributed by atoms with Crippen molar-refractivity contribution in [1.29, 1.82) is 0 Å². The van der Waals surface area contributed by atoms with Crippen LogP contribution in [0.1, 0.15) is 24.1 Å². The first-order valence-electron chi connectivity index (χ1n) is 7.22. The number of amides is 1. The Morgan fingerprint density at radius 2 is 2.04 bits per heavy atom. The highest BCUT2D eigenvalue weighted by molar-refractivity contribution is 6.35. The zero-order valence-corrected chi connectivity index (χ0v) is 14.1. The van der Waals surface area contributed by atoms with Gasteiger partial charge in [-0.05, 0) is 42.3 Å². The molecule has 23 heavy (non-hydrogen) atoms. The van der Waals surface area contributed by atoms with Gasteiger partial charge in [0.05, 0.1) is 12.2 Å². The van der Waals surface area contributed by atoms with Crippen molar-refractivity contribution >= 4 is 34.8 Å². The average Bonchev–Trinajstić information content (AvgIpc) is 2.51. The molecule has 1 unspecified atom stereocenters. The van der Waals surface area contributed by atoms with Gasteiger partial charge in [0.1, 0.15) is 5.75 Å². The molecule has 0 aromatic heterocycles. The summed E-state index contributed by atoms with van der Waals surface area (Å²) in [6.07, 6.45) is 0. The van der Waals surface area contributed by atoms with Gasteiger partial charge in [-0.15, -0.1) is 0 Å². The van der Waals surface area contributed by atoms with E-state index < -0.39 is 0 Å². The Balaban J connectivity index is 1.99. The second kappa shape index (κ2) is 6.40. The van der Waals surface area contributed by atoms with Crippen molar-refractivity contribution in [1.82, 2.24) is 0 Å². The molecule has 1 amide bonds. The summed E-state index contributed by atoms with van der Waals surface area (Å²) in [4.78, 5) is 14.0. The van der Waals surface area contributed by atoms with E-state index in [1.54, 1.807) is 17.0 Å². The van der Waals surface area contributed by atoms with Crippen molar-refractivity contribution in [2.24, 2.45) is 5.73 Å². The Bertz CT molecular complexity index is 762.